The molecule has 0 radical (unpaired) electrons. The zero-order chi connectivity index (χ0) is 8.91. The largest absolute Gasteiger partial charge is 0.392 e. The molecule has 0 aliphatic carbocycles. The molecule has 0 aromatic carbocycles. The second-order valence-electron chi connectivity index (χ2n) is 3.09. The molecule has 0 bridgehead atoms. The van der Waals surface area contributed by atoms with E-state index in [1.54, 1.807) is 0 Å². The van der Waals surface area contributed by atoms with E-state index in [1.165, 1.54) is 0 Å². The molecule has 0 N–H and O–H groups in total. The van der Waals surface area contributed by atoms with E-state index in [9.17, 15) is 0 Å². The van der Waals surface area contributed by atoms with E-state index >= 15 is 0 Å². The van der Waals surface area contributed by atoms with Gasteiger partial charge in [-0.1, -0.05) is 0 Å². The summed E-state index contributed by atoms with van der Waals surface area (Å²) in [5, 5.41) is 0. The first-order valence-electron chi connectivity index (χ1n) is 3.45. The molecule has 0 aromatic rings. The molecule has 0 aromatic heterocycles. The van der Waals surface area contributed by atoms with Crippen molar-refractivity contribution in [1.29, 1.82) is 0 Å². The Morgan fingerprint density at radius 2 is 1.73 bits per heavy atom. The third-order valence-electron chi connectivity index (χ3n) is 0.862. The summed E-state index contributed by atoms with van der Waals surface area (Å²) in [6.07, 6.45) is 0. The lowest BCUT2D eigenvalue weighted by Crippen LogP contribution is -2.22. The summed E-state index contributed by atoms with van der Waals surface area (Å²) < 4.78 is 10.3. The monoisotopic (exact) mass is 216 g/mol. The van der Waals surface area contributed by atoms with E-state index in [0.29, 0.717) is 13.2 Å². The number of ether oxygens (including phenoxy) is 1. The van der Waals surface area contributed by atoms with Gasteiger partial charge in [-0.25, -0.2) is 0 Å². The summed E-state index contributed by atoms with van der Waals surface area (Å²) in [6.45, 7) is 7.00. The molecule has 0 rings (SSSR count). The van der Waals surface area contributed by atoms with Gasteiger partial charge in [-0.05, 0) is 20.8 Å². The highest BCUT2D eigenvalue weighted by molar-refractivity contribution is 7.30. The van der Waals surface area contributed by atoms with Gasteiger partial charge in [-0.2, -0.15) is 0 Å². The molecule has 11 heavy (non-hydrogen) atoms. The normalized spacial score (nSPS) is 12.5. The van der Waals surface area contributed by atoms with E-state index in [2.05, 4.69) is 0 Å². The van der Waals surface area contributed by atoms with E-state index < -0.39 is 7.66 Å². The van der Waals surface area contributed by atoms with Gasteiger partial charge in [-0.3, -0.25) is 0 Å². The maximum Gasteiger partial charge on any atom is 0.373 e. The minimum absolute atomic E-state index is 0.112. The zero-order valence-electron chi connectivity index (χ0n) is 7.06. The Hall–Kier alpha value is 0.717. The number of hydrogen-bond donors (Lipinski definition) is 0. The Labute approximate surface area is 78.9 Å². The van der Waals surface area contributed by atoms with E-state index in [1.807, 2.05) is 20.8 Å². The average Bonchev–Trinajstić information content (AvgIpc) is 1.78. The fraction of sp³-hybridized carbons (Fsp3) is 1.00. The van der Waals surface area contributed by atoms with Gasteiger partial charge in [0.25, 0.3) is 0 Å². The average molecular weight is 217 g/mol. The van der Waals surface area contributed by atoms with Crippen molar-refractivity contribution < 1.29 is 9.16 Å². The van der Waals surface area contributed by atoms with Crippen molar-refractivity contribution in [1.82, 2.24) is 0 Å². The summed E-state index contributed by atoms with van der Waals surface area (Å²) in [7, 11) is -1.89. The molecule has 0 heterocycles. The molecule has 0 saturated heterocycles. The maximum atomic E-state index is 5.45. The van der Waals surface area contributed by atoms with Crippen LogP contribution in [0.2, 0.25) is 0 Å². The second kappa shape index (κ2) is 5.38. The van der Waals surface area contributed by atoms with E-state index in [-0.39, 0.29) is 5.60 Å². The van der Waals surface area contributed by atoms with Crippen LogP contribution in [-0.2, 0) is 9.16 Å². The summed E-state index contributed by atoms with van der Waals surface area (Å²) in [5.74, 6) is 0. The number of rotatable bonds is 4. The lowest BCUT2D eigenvalue weighted by atomic mass is 10.2. The molecule has 0 aliphatic heterocycles. The minimum atomic E-state index is -1.89. The Morgan fingerprint density at radius 3 is 2.09 bits per heavy atom. The van der Waals surface area contributed by atoms with Gasteiger partial charge < -0.3 is 9.16 Å². The molecule has 68 valence electrons. The first kappa shape index (κ1) is 11.7. The van der Waals surface area contributed by atoms with Crippen LogP contribution in [0.15, 0.2) is 0 Å². The van der Waals surface area contributed by atoms with Crippen molar-refractivity contribution in [2.45, 2.75) is 26.4 Å². The topological polar surface area (TPSA) is 18.5 Å². The highest BCUT2D eigenvalue weighted by atomic mass is 35.7. The summed E-state index contributed by atoms with van der Waals surface area (Å²) in [6, 6.07) is 0. The molecule has 0 fully saturated rings. The van der Waals surface area contributed by atoms with Crippen LogP contribution in [0, 0.1) is 0 Å². The van der Waals surface area contributed by atoms with Crippen molar-refractivity contribution in [3.63, 3.8) is 0 Å². The Balaban J connectivity index is 3.15. The Kier molecular flexibility index (Phi) is 5.73. The smallest absolute Gasteiger partial charge is 0.373 e. The molecular formula is C6H14Cl2O2Si. The zero-order valence-corrected chi connectivity index (χ0v) is 9.73. The van der Waals surface area contributed by atoms with E-state index in [0.717, 1.165) is 0 Å². The molecular weight excluding hydrogens is 203 g/mol. The van der Waals surface area contributed by atoms with Crippen LogP contribution in [0.25, 0.3) is 0 Å². The maximum absolute atomic E-state index is 5.45. The Bertz CT molecular complexity index is 103. The third-order valence-corrected chi connectivity index (χ3v) is 2.11. The van der Waals surface area contributed by atoms with Crippen LogP contribution < -0.4 is 0 Å². The summed E-state index contributed by atoms with van der Waals surface area (Å²) in [5.41, 5.74) is -0.112. The molecule has 2 nitrogen and oxygen atoms in total. The highest BCUT2D eigenvalue weighted by Crippen LogP contribution is 2.06. The number of halogens is 2. The van der Waals surface area contributed by atoms with Crippen LogP contribution in [0.4, 0.5) is 0 Å². The molecule has 0 atom stereocenters. The third kappa shape index (κ3) is 10.7. The molecule has 5 heteroatoms. The molecule has 0 unspecified atom stereocenters. The first-order chi connectivity index (χ1) is 4.92. The second-order valence-corrected chi connectivity index (χ2v) is 7.00. The van der Waals surface area contributed by atoms with Crippen LogP contribution >= 0.6 is 22.2 Å². The van der Waals surface area contributed by atoms with E-state index in [4.69, 9.17) is 31.3 Å². The minimum Gasteiger partial charge on any atom is -0.392 e. The van der Waals surface area contributed by atoms with Gasteiger partial charge in [0.2, 0.25) is 0 Å². The van der Waals surface area contributed by atoms with Gasteiger partial charge in [0.1, 0.15) is 0 Å². The van der Waals surface area contributed by atoms with Crippen LogP contribution in [0.3, 0.4) is 0 Å². The van der Waals surface area contributed by atoms with Crippen LogP contribution in [0.5, 0.6) is 0 Å². The van der Waals surface area contributed by atoms with Gasteiger partial charge >= 0.3 is 7.66 Å². The van der Waals surface area contributed by atoms with Crippen molar-refractivity contribution in [2.24, 2.45) is 0 Å². The SMILES string of the molecule is CC(C)(C)OCCO[SiH](Cl)Cl. The van der Waals surface area contributed by atoms with Crippen molar-refractivity contribution in [2.75, 3.05) is 13.2 Å². The van der Waals surface area contributed by atoms with Gasteiger partial charge in [0, 0.05) is 0 Å². The fourth-order valence-corrected chi connectivity index (χ4v) is 1.29. The lowest BCUT2D eigenvalue weighted by Gasteiger charge is -2.19. The predicted molar refractivity (Wildman–Crippen MR) is 50.5 cm³/mol. The van der Waals surface area contributed by atoms with Crippen molar-refractivity contribution >= 4 is 29.8 Å². The first-order valence-corrected chi connectivity index (χ1v) is 7.42. The number of hydrogen-bond acceptors (Lipinski definition) is 2. The fourth-order valence-electron chi connectivity index (χ4n) is 0.485. The van der Waals surface area contributed by atoms with Crippen molar-refractivity contribution in [3.05, 3.63) is 0 Å². The highest BCUT2D eigenvalue weighted by Gasteiger charge is 2.09. The van der Waals surface area contributed by atoms with Crippen molar-refractivity contribution in [3.8, 4) is 0 Å². The quantitative estimate of drug-likeness (QED) is 0.407. The molecule has 0 spiro atoms. The lowest BCUT2D eigenvalue weighted by molar-refractivity contribution is -0.0159. The molecule has 0 saturated carbocycles. The van der Waals surface area contributed by atoms with Crippen LogP contribution in [-0.4, -0.2) is 26.5 Å². The predicted octanol–water partition coefficient (Wildman–Crippen LogP) is 2.01. The molecule has 0 aliphatic rings. The standard InChI is InChI=1S/C6H14Cl2O2Si/c1-6(2,3)9-4-5-10-11(7)8/h11H,4-5H2,1-3H3. The van der Waals surface area contributed by atoms with Gasteiger partial charge in [-0.15, -0.1) is 22.2 Å². The van der Waals surface area contributed by atoms with Gasteiger partial charge in [0.05, 0.1) is 18.8 Å². The van der Waals surface area contributed by atoms with Crippen LogP contribution in [0.1, 0.15) is 20.8 Å². The Morgan fingerprint density at radius 1 is 1.18 bits per heavy atom. The molecule has 0 amide bonds. The van der Waals surface area contributed by atoms with Gasteiger partial charge in [0.15, 0.2) is 0 Å². The summed E-state index contributed by atoms with van der Waals surface area (Å²) >= 11 is 10.9. The summed E-state index contributed by atoms with van der Waals surface area (Å²) in [4.78, 5) is 0.